The monoisotopic (exact) mass is 206 g/mol. The zero-order valence-corrected chi connectivity index (χ0v) is 9.12. The van der Waals surface area contributed by atoms with E-state index in [1.165, 1.54) is 0 Å². The number of rotatable bonds is 5. The molecule has 0 heterocycles. The SMILES string of the molecule is CCCC(=O)NCc1ccc(CN)cc1. The van der Waals surface area contributed by atoms with Gasteiger partial charge >= 0.3 is 0 Å². The fourth-order valence-electron chi connectivity index (χ4n) is 1.31. The van der Waals surface area contributed by atoms with Crippen LogP contribution in [0.4, 0.5) is 0 Å². The average molecular weight is 206 g/mol. The molecule has 0 aliphatic rings. The van der Waals surface area contributed by atoms with Crippen molar-refractivity contribution in [2.24, 2.45) is 5.73 Å². The molecule has 0 atom stereocenters. The van der Waals surface area contributed by atoms with Gasteiger partial charge < -0.3 is 11.1 Å². The van der Waals surface area contributed by atoms with Crippen LogP contribution in [0.2, 0.25) is 0 Å². The molecular formula is C12H18N2O. The van der Waals surface area contributed by atoms with E-state index in [4.69, 9.17) is 5.73 Å². The van der Waals surface area contributed by atoms with E-state index >= 15 is 0 Å². The molecule has 0 radical (unpaired) electrons. The summed E-state index contributed by atoms with van der Waals surface area (Å²) in [5.41, 5.74) is 7.71. The molecule has 0 unspecified atom stereocenters. The third kappa shape index (κ3) is 4.13. The van der Waals surface area contributed by atoms with Gasteiger partial charge in [0.2, 0.25) is 5.91 Å². The van der Waals surface area contributed by atoms with E-state index in [2.05, 4.69) is 5.32 Å². The van der Waals surface area contributed by atoms with Crippen LogP contribution in [0.3, 0.4) is 0 Å². The smallest absolute Gasteiger partial charge is 0.220 e. The lowest BCUT2D eigenvalue weighted by atomic mass is 10.1. The summed E-state index contributed by atoms with van der Waals surface area (Å²) in [6.45, 7) is 3.15. The van der Waals surface area contributed by atoms with Crippen molar-refractivity contribution in [2.75, 3.05) is 0 Å². The van der Waals surface area contributed by atoms with Gasteiger partial charge in [-0.3, -0.25) is 4.79 Å². The molecule has 82 valence electrons. The van der Waals surface area contributed by atoms with Crippen LogP contribution in [0.1, 0.15) is 30.9 Å². The zero-order valence-electron chi connectivity index (χ0n) is 9.12. The van der Waals surface area contributed by atoms with E-state index in [-0.39, 0.29) is 5.91 Å². The van der Waals surface area contributed by atoms with Gasteiger partial charge in [0.15, 0.2) is 0 Å². The predicted molar refractivity (Wildman–Crippen MR) is 61.1 cm³/mol. The summed E-state index contributed by atoms with van der Waals surface area (Å²) in [4.78, 5) is 11.2. The lowest BCUT2D eigenvalue weighted by Crippen LogP contribution is -2.22. The zero-order chi connectivity index (χ0) is 11.1. The average Bonchev–Trinajstić information content (AvgIpc) is 2.27. The molecule has 0 aliphatic carbocycles. The summed E-state index contributed by atoms with van der Waals surface area (Å²) in [5.74, 6) is 0.111. The van der Waals surface area contributed by atoms with Gasteiger partial charge in [-0.15, -0.1) is 0 Å². The van der Waals surface area contributed by atoms with Gasteiger partial charge in [0.25, 0.3) is 0 Å². The fourth-order valence-corrected chi connectivity index (χ4v) is 1.31. The van der Waals surface area contributed by atoms with Gasteiger partial charge in [0, 0.05) is 19.5 Å². The summed E-state index contributed by atoms with van der Waals surface area (Å²) in [6, 6.07) is 7.96. The highest BCUT2D eigenvalue weighted by atomic mass is 16.1. The molecule has 15 heavy (non-hydrogen) atoms. The highest BCUT2D eigenvalue weighted by Crippen LogP contribution is 2.03. The summed E-state index contributed by atoms with van der Waals surface area (Å²) >= 11 is 0. The highest BCUT2D eigenvalue weighted by molar-refractivity contribution is 5.75. The second-order valence-corrected chi connectivity index (χ2v) is 3.55. The Kier molecular flexibility index (Phi) is 4.84. The van der Waals surface area contributed by atoms with E-state index in [1.54, 1.807) is 0 Å². The molecule has 0 saturated heterocycles. The summed E-state index contributed by atoms with van der Waals surface area (Å²) < 4.78 is 0. The molecule has 0 saturated carbocycles. The maximum absolute atomic E-state index is 11.2. The largest absolute Gasteiger partial charge is 0.352 e. The quantitative estimate of drug-likeness (QED) is 0.768. The van der Waals surface area contributed by atoms with Crippen molar-refractivity contribution in [1.82, 2.24) is 5.32 Å². The van der Waals surface area contributed by atoms with Crippen molar-refractivity contribution in [2.45, 2.75) is 32.9 Å². The van der Waals surface area contributed by atoms with Crippen molar-refractivity contribution in [3.8, 4) is 0 Å². The second kappa shape index (κ2) is 6.19. The predicted octanol–water partition coefficient (Wildman–Crippen LogP) is 1.56. The first-order chi connectivity index (χ1) is 7.26. The van der Waals surface area contributed by atoms with Gasteiger partial charge in [0.1, 0.15) is 0 Å². The Balaban J connectivity index is 2.40. The van der Waals surface area contributed by atoms with Crippen molar-refractivity contribution >= 4 is 5.91 Å². The Labute approximate surface area is 90.7 Å². The highest BCUT2D eigenvalue weighted by Gasteiger charge is 1.99. The van der Waals surface area contributed by atoms with E-state index in [9.17, 15) is 4.79 Å². The minimum atomic E-state index is 0.111. The maximum Gasteiger partial charge on any atom is 0.220 e. The Morgan fingerprint density at radius 1 is 1.27 bits per heavy atom. The van der Waals surface area contributed by atoms with Gasteiger partial charge in [0.05, 0.1) is 0 Å². The van der Waals surface area contributed by atoms with E-state index in [1.807, 2.05) is 31.2 Å². The van der Waals surface area contributed by atoms with Crippen molar-refractivity contribution in [1.29, 1.82) is 0 Å². The third-order valence-corrected chi connectivity index (χ3v) is 2.23. The van der Waals surface area contributed by atoms with Gasteiger partial charge in [-0.2, -0.15) is 0 Å². The van der Waals surface area contributed by atoms with Crippen LogP contribution in [-0.2, 0) is 17.9 Å². The molecule has 3 nitrogen and oxygen atoms in total. The molecule has 3 N–H and O–H groups in total. The minimum Gasteiger partial charge on any atom is -0.352 e. The molecule has 1 amide bonds. The van der Waals surface area contributed by atoms with Crippen LogP contribution in [-0.4, -0.2) is 5.91 Å². The van der Waals surface area contributed by atoms with Crippen LogP contribution in [0.25, 0.3) is 0 Å². The normalized spacial score (nSPS) is 10.0. The number of nitrogens with two attached hydrogens (primary N) is 1. The molecular weight excluding hydrogens is 188 g/mol. The molecule has 3 heteroatoms. The molecule has 1 aromatic carbocycles. The standard InChI is InChI=1S/C12H18N2O/c1-2-3-12(15)14-9-11-6-4-10(8-13)5-7-11/h4-7H,2-3,8-9,13H2,1H3,(H,14,15). The maximum atomic E-state index is 11.2. The summed E-state index contributed by atoms with van der Waals surface area (Å²) in [6.07, 6.45) is 1.48. The molecule has 0 aliphatic heterocycles. The van der Waals surface area contributed by atoms with E-state index in [0.717, 1.165) is 17.5 Å². The third-order valence-electron chi connectivity index (χ3n) is 2.23. The number of carbonyl (C=O) groups is 1. The van der Waals surface area contributed by atoms with Crippen LogP contribution in [0.15, 0.2) is 24.3 Å². The summed E-state index contributed by atoms with van der Waals surface area (Å²) in [7, 11) is 0. The number of benzene rings is 1. The van der Waals surface area contributed by atoms with Crippen molar-refractivity contribution in [3.05, 3.63) is 35.4 Å². The first-order valence-electron chi connectivity index (χ1n) is 5.31. The Bertz CT molecular complexity index is 306. The Morgan fingerprint density at radius 3 is 2.40 bits per heavy atom. The number of hydrogen-bond acceptors (Lipinski definition) is 2. The van der Waals surface area contributed by atoms with Crippen LogP contribution < -0.4 is 11.1 Å². The molecule has 0 fully saturated rings. The molecule has 0 spiro atoms. The summed E-state index contributed by atoms with van der Waals surface area (Å²) in [5, 5.41) is 2.87. The molecule has 1 aromatic rings. The van der Waals surface area contributed by atoms with E-state index in [0.29, 0.717) is 19.5 Å². The van der Waals surface area contributed by atoms with Gasteiger partial charge in [-0.25, -0.2) is 0 Å². The topological polar surface area (TPSA) is 55.1 Å². The lowest BCUT2D eigenvalue weighted by Gasteiger charge is -2.05. The molecule has 0 aromatic heterocycles. The van der Waals surface area contributed by atoms with Crippen LogP contribution >= 0.6 is 0 Å². The van der Waals surface area contributed by atoms with Crippen LogP contribution in [0, 0.1) is 0 Å². The first kappa shape index (κ1) is 11.7. The van der Waals surface area contributed by atoms with Crippen molar-refractivity contribution < 1.29 is 4.79 Å². The fraction of sp³-hybridized carbons (Fsp3) is 0.417. The first-order valence-corrected chi connectivity index (χ1v) is 5.31. The Hall–Kier alpha value is -1.35. The molecule has 1 rings (SSSR count). The second-order valence-electron chi connectivity index (χ2n) is 3.55. The lowest BCUT2D eigenvalue weighted by molar-refractivity contribution is -0.121. The number of nitrogens with one attached hydrogen (secondary N) is 1. The number of hydrogen-bond donors (Lipinski definition) is 2. The van der Waals surface area contributed by atoms with Gasteiger partial charge in [-0.1, -0.05) is 31.2 Å². The number of amides is 1. The van der Waals surface area contributed by atoms with Gasteiger partial charge in [-0.05, 0) is 17.5 Å². The minimum absolute atomic E-state index is 0.111. The number of carbonyl (C=O) groups excluding carboxylic acids is 1. The molecule has 0 bridgehead atoms. The Morgan fingerprint density at radius 2 is 1.87 bits per heavy atom. The van der Waals surface area contributed by atoms with Crippen LogP contribution in [0.5, 0.6) is 0 Å². The van der Waals surface area contributed by atoms with Crippen molar-refractivity contribution in [3.63, 3.8) is 0 Å². The van der Waals surface area contributed by atoms with E-state index < -0.39 is 0 Å².